The molecule has 1 aromatic heterocycles. The molecule has 0 spiro atoms. The first-order valence-corrected chi connectivity index (χ1v) is 9.54. The fraction of sp³-hybridized carbons (Fsp3) is 0.348. The van der Waals surface area contributed by atoms with E-state index in [0.29, 0.717) is 31.1 Å². The minimum atomic E-state index is 0.0550. The predicted molar refractivity (Wildman–Crippen MR) is 110 cm³/mol. The van der Waals surface area contributed by atoms with Crippen molar-refractivity contribution in [1.29, 1.82) is 0 Å². The van der Waals surface area contributed by atoms with E-state index in [1.807, 2.05) is 30.3 Å². The van der Waals surface area contributed by atoms with E-state index in [0.717, 1.165) is 5.56 Å². The fourth-order valence-corrected chi connectivity index (χ4v) is 2.93. The Morgan fingerprint density at radius 1 is 1.04 bits per heavy atom. The Morgan fingerprint density at radius 3 is 2.36 bits per heavy atom. The van der Waals surface area contributed by atoms with E-state index < -0.39 is 0 Å². The molecule has 2 aromatic carbocycles. The molecule has 0 unspecified atom stereocenters. The molecule has 5 heteroatoms. The predicted octanol–water partition coefficient (Wildman–Crippen LogP) is 4.63. The van der Waals surface area contributed by atoms with E-state index in [-0.39, 0.29) is 11.3 Å². The Bertz CT molecular complexity index is 909. The number of aryl methyl sites for hydroxylation is 1. The van der Waals surface area contributed by atoms with E-state index >= 15 is 0 Å². The zero-order chi connectivity index (χ0) is 20.1. The Kier molecular flexibility index (Phi) is 5.93. The van der Waals surface area contributed by atoms with Gasteiger partial charge in [-0.15, -0.1) is 0 Å². The molecule has 3 rings (SSSR count). The van der Waals surface area contributed by atoms with Crippen LogP contribution in [0.2, 0.25) is 0 Å². The van der Waals surface area contributed by atoms with Gasteiger partial charge in [0.15, 0.2) is 0 Å². The SMILES string of the molecule is CN(Cc1nc(-c2ccccc2)no1)C(=O)CCc1ccc(C(C)(C)C)cc1. The number of nitrogens with zero attached hydrogens (tertiary/aromatic N) is 3. The smallest absolute Gasteiger partial charge is 0.246 e. The Labute approximate surface area is 166 Å². The summed E-state index contributed by atoms with van der Waals surface area (Å²) in [4.78, 5) is 18.5. The first kappa shape index (κ1) is 19.8. The molecular weight excluding hydrogens is 350 g/mol. The highest BCUT2D eigenvalue weighted by atomic mass is 16.5. The second-order valence-electron chi connectivity index (χ2n) is 8.07. The van der Waals surface area contributed by atoms with Crippen molar-refractivity contribution in [3.63, 3.8) is 0 Å². The summed E-state index contributed by atoms with van der Waals surface area (Å²) in [5, 5.41) is 4.00. The molecule has 0 atom stereocenters. The van der Waals surface area contributed by atoms with Crippen LogP contribution in [0, 0.1) is 0 Å². The van der Waals surface area contributed by atoms with Crippen LogP contribution in [0.3, 0.4) is 0 Å². The molecule has 0 aliphatic rings. The van der Waals surface area contributed by atoms with Crippen LogP contribution in [-0.2, 0) is 23.2 Å². The topological polar surface area (TPSA) is 59.2 Å². The number of hydrogen-bond acceptors (Lipinski definition) is 4. The van der Waals surface area contributed by atoms with Crippen molar-refractivity contribution in [3.8, 4) is 11.4 Å². The molecule has 3 aromatic rings. The maximum absolute atomic E-state index is 12.5. The molecule has 28 heavy (non-hydrogen) atoms. The van der Waals surface area contributed by atoms with E-state index in [4.69, 9.17) is 4.52 Å². The number of carbonyl (C=O) groups excluding carboxylic acids is 1. The molecule has 0 aliphatic heterocycles. The van der Waals surface area contributed by atoms with Gasteiger partial charge in [-0.3, -0.25) is 4.79 Å². The molecule has 0 aliphatic carbocycles. The zero-order valence-electron chi connectivity index (χ0n) is 17.0. The summed E-state index contributed by atoms with van der Waals surface area (Å²) in [6.45, 7) is 6.89. The molecule has 146 valence electrons. The Balaban J connectivity index is 1.53. The van der Waals surface area contributed by atoms with Crippen LogP contribution in [0.15, 0.2) is 59.1 Å². The van der Waals surface area contributed by atoms with Crippen LogP contribution in [0.25, 0.3) is 11.4 Å². The minimum Gasteiger partial charge on any atom is -0.337 e. The van der Waals surface area contributed by atoms with Crippen LogP contribution in [0.1, 0.15) is 44.2 Å². The summed E-state index contributed by atoms with van der Waals surface area (Å²) in [5.41, 5.74) is 3.49. The number of amides is 1. The van der Waals surface area contributed by atoms with Gasteiger partial charge in [-0.05, 0) is 23.0 Å². The molecule has 0 fully saturated rings. The first-order chi connectivity index (χ1) is 13.3. The lowest BCUT2D eigenvalue weighted by Crippen LogP contribution is -2.26. The van der Waals surface area contributed by atoms with Gasteiger partial charge in [0.05, 0.1) is 6.54 Å². The average Bonchev–Trinajstić information content (AvgIpc) is 3.15. The van der Waals surface area contributed by atoms with Crippen LogP contribution in [0.5, 0.6) is 0 Å². The van der Waals surface area contributed by atoms with E-state index in [1.54, 1.807) is 11.9 Å². The lowest BCUT2D eigenvalue weighted by atomic mass is 9.86. The summed E-state index contributed by atoms with van der Waals surface area (Å²) in [6.07, 6.45) is 1.16. The molecule has 0 bridgehead atoms. The average molecular weight is 377 g/mol. The molecule has 0 N–H and O–H groups in total. The molecule has 0 saturated carbocycles. The molecule has 1 heterocycles. The number of benzene rings is 2. The van der Waals surface area contributed by atoms with E-state index in [9.17, 15) is 4.79 Å². The summed E-state index contributed by atoms with van der Waals surface area (Å²) >= 11 is 0. The second kappa shape index (κ2) is 8.38. The first-order valence-electron chi connectivity index (χ1n) is 9.54. The van der Waals surface area contributed by atoms with Gasteiger partial charge >= 0.3 is 0 Å². The Hall–Kier alpha value is -2.95. The standard InChI is InChI=1S/C23H27N3O2/c1-23(2,3)19-13-10-17(11-14-19)12-15-21(27)26(4)16-20-24-22(25-28-20)18-8-6-5-7-9-18/h5-11,13-14H,12,15-16H2,1-4H3. The summed E-state index contributed by atoms with van der Waals surface area (Å²) in [7, 11) is 1.76. The largest absolute Gasteiger partial charge is 0.337 e. The quantitative estimate of drug-likeness (QED) is 0.629. The van der Waals surface area contributed by atoms with Crippen molar-refractivity contribution in [3.05, 3.63) is 71.6 Å². The van der Waals surface area contributed by atoms with Gasteiger partial charge in [-0.2, -0.15) is 4.98 Å². The van der Waals surface area contributed by atoms with E-state index in [1.165, 1.54) is 11.1 Å². The molecular formula is C23H27N3O2. The van der Waals surface area contributed by atoms with Crippen molar-refractivity contribution in [2.24, 2.45) is 0 Å². The highest BCUT2D eigenvalue weighted by Crippen LogP contribution is 2.22. The third-order valence-corrected chi connectivity index (χ3v) is 4.75. The van der Waals surface area contributed by atoms with Crippen LogP contribution in [0.4, 0.5) is 0 Å². The highest BCUT2D eigenvalue weighted by Gasteiger charge is 2.16. The number of aromatic nitrogens is 2. The minimum absolute atomic E-state index is 0.0550. The lowest BCUT2D eigenvalue weighted by molar-refractivity contribution is -0.130. The van der Waals surface area contributed by atoms with Gasteiger partial charge in [0, 0.05) is 19.0 Å². The monoisotopic (exact) mass is 377 g/mol. The molecule has 5 nitrogen and oxygen atoms in total. The third-order valence-electron chi connectivity index (χ3n) is 4.75. The van der Waals surface area contributed by atoms with Crippen LogP contribution < -0.4 is 0 Å². The number of carbonyl (C=O) groups is 1. The van der Waals surface area contributed by atoms with Gasteiger partial charge in [-0.25, -0.2) is 0 Å². The van der Waals surface area contributed by atoms with Crippen molar-refractivity contribution >= 4 is 5.91 Å². The van der Waals surface area contributed by atoms with Crippen molar-refractivity contribution in [2.45, 2.75) is 45.6 Å². The molecule has 1 amide bonds. The summed E-state index contributed by atoms with van der Waals surface area (Å²) in [5.74, 6) is 1.03. The lowest BCUT2D eigenvalue weighted by Gasteiger charge is -2.19. The summed E-state index contributed by atoms with van der Waals surface area (Å²) < 4.78 is 5.29. The maximum atomic E-state index is 12.5. The zero-order valence-corrected chi connectivity index (χ0v) is 17.0. The second-order valence-corrected chi connectivity index (χ2v) is 8.07. The Morgan fingerprint density at radius 2 is 1.71 bits per heavy atom. The third kappa shape index (κ3) is 5.06. The van der Waals surface area contributed by atoms with Gasteiger partial charge < -0.3 is 9.42 Å². The van der Waals surface area contributed by atoms with Gasteiger partial charge in [0.25, 0.3) is 0 Å². The van der Waals surface area contributed by atoms with Gasteiger partial charge in [0.1, 0.15) is 0 Å². The molecule has 0 radical (unpaired) electrons. The van der Waals surface area contributed by atoms with E-state index in [2.05, 4.69) is 55.2 Å². The number of rotatable bonds is 6. The molecule has 0 saturated heterocycles. The van der Waals surface area contributed by atoms with Crippen LogP contribution >= 0.6 is 0 Å². The summed E-state index contributed by atoms with van der Waals surface area (Å²) in [6, 6.07) is 18.1. The van der Waals surface area contributed by atoms with Crippen LogP contribution in [-0.4, -0.2) is 28.0 Å². The normalized spacial score (nSPS) is 11.4. The highest BCUT2D eigenvalue weighted by molar-refractivity contribution is 5.76. The fourth-order valence-electron chi connectivity index (χ4n) is 2.93. The van der Waals surface area contributed by atoms with Gasteiger partial charge in [0.2, 0.25) is 17.6 Å². The maximum Gasteiger partial charge on any atom is 0.246 e. The van der Waals surface area contributed by atoms with Crippen molar-refractivity contribution < 1.29 is 9.32 Å². The number of hydrogen-bond donors (Lipinski definition) is 0. The van der Waals surface area contributed by atoms with Gasteiger partial charge in [-0.1, -0.05) is 80.5 Å². The van der Waals surface area contributed by atoms with Crippen molar-refractivity contribution in [2.75, 3.05) is 7.05 Å². The van der Waals surface area contributed by atoms with Crippen molar-refractivity contribution in [1.82, 2.24) is 15.0 Å².